The van der Waals surface area contributed by atoms with Gasteiger partial charge < -0.3 is 10.0 Å². The van der Waals surface area contributed by atoms with E-state index >= 15 is 0 Å². The molecule has 0 saturated carbocycles. The Kier molecular flexibility index (Phi) is 3.98. The van der Waals surface area contributed by atoms with Crippen molar-refractivity contribution in [2.24, 2.45) is 5.92 Å². The van der Waals surface area contributed by atoms with Crippen LogP contribution >= 0.6 is 0 Å². The maximum absolute atomic E-state index is 10.1. The Morgan fingerprint density at radius 2 is 1.81 bits per heavy atom. The maximum atomic E-state index is 10.1. The fraction of sp³-hybridized carbons (Fsp3) is 0.368. The Labute approximate surface area is 127 Å². The van der Waals surface area contributed by atoms with E-state index in [0.717, 1.165) is 25.1 Å². The molecule has 0 spiro atoms. The summed E-state index contributed by atoms with van der Waals surface area (Å²) < 4.78 is 0. The first-order chi connectivity index (χ1) is 10.1. The lowest BCUT2D eigenvalue weighted by molar-refractivity contribution is 0.312. The molecule has 0 bridgehead atoms. The van der Waals surface area contributed by atoms with Crippen molar-refractivity contribution in [1.29, 1.82) is 0 Å². The van der Waals surface area contributed by atoms with Crippen LogP contribution in [-0.4, -0.2) is 30.1 Å². The molecule has 2 nitrogen and oxygen atoms in total. The van der Waals surface area contributed by atoms with Gasteiger partial charge in [0.2, 0.25) is 0 Å². The molecular weight excluding hydrogens is 258 g/mol. The Morgan fingerprint density at radius 1 is 1.10 bits per heavy atom. The van der Waals surface area contributed by atoms with Crippen molar-refractivity contribution in [3.63, 3.8) is 0 Å². The normalized spacial score (nSPS) is 22.9. The highest BCUT2D eigenvalue weighted by Gasteiger charge is 2.27. The van der Waals surface area contributed by atoms with Crippen LogP contribution in [0.3, 0.4) is 0 Å². The molecule has 1 N–H and O–H groups in total. The zero-order valence-corrected chi connectivity index (χ0v) is 12.8. The molecule has 3 rings (SSSR count). The van der Waals surface area contributed by atoms with Gasteiger partial charge in [-0.2, -0.15) is 0 Å². The standard InChI is InChI=1S/C19H23NO/c1-14-11-16-9-10-20(2)13-18(17(16)12-19(14)21)15-7-5-3-4-6-8-15/h3-8,11-12,15,18,21H,9-10,13H2,1-2H3. The van der Waals surface area contributed by atoms with Crippen LogP contribution in [0, 0.1) is 12.8 Å². The highest BCUT2D eigenvalue weighted by Crippen LogP contribution is 2.36. The molecule has 110 valence electrons. The van der Waals surface area contributed by atoms with Crippen molar-refractivity contribution in [1.82, 2.24) is 4.90 Å². The molecule has 1 aromatic rings. The number of fused-ring (bicyclic) bond motifs is 1. The summed E-state index contributed by atoms with van der Waals surface area (Å²) in [5.74, 6) is 1.19. The minimum absolute atomic E-state index is 0.376. The average Bonchev–Trinajstić information content (AvgIpc) is 2.81. The molecule has 0 amide bonds. The Bertz CT molecular complexity index is 596. The van der Waals surface area contributed by atoms with Crippen molar-refractivity contribution < 1.29 is 5.11 Å². The zero-order valence-electron chi connectivity index (χ0n) is 12.8. The van der Waals surface area contributed by atoms with Crippen LogP contribution in [0.25, 0.3) is 0 Å². The Balaban J connectivity index is 2.05. The van der Waals surface area contributed by atoms with E-state index in [9.17, 15) is 5.11 Å². The van der Waals surface area contributed by atoms with Gasteiger partial charge in [0.15, 0.2) is 0 Å². The lowest BCUT2D eigenvalue weighted by atomic mass is 9.82. The first-order valence-corrected chi connectivity index (χ1v) is 7.68. The first-order valence-electron chi connectivity index (χ1n) is 7.68. The molecule has 1 aliphatic heterocycles. The largest absolute Gasteiger partial charge is 0.508 e. The van der Waals surface area contributed by atoms with Crippen LogP contribution < -0.4 is 0 Å². The summed E-state index contributed by atoms with van der Waals surface area (Å²) in [4.78, 5) is 2.40. The third-order valence-electron chi connectivity index (χ3n) is 4.59. The molecule has 21 heavy (non-hydrogen) atoms. The van der Waals surface area contributed by atoms with E-state index in [1.165, 1.54) is 11.1 Å². The van der Waals surface area contributed by atoms with Gasteiger partial charge >= 0.3 is 0 Å². The molecule has 0 radical (unpaired) electrons. The summed E-state index contributed by atoms with van der Waals surface area (Å²) in [5, 5.41) is 10.1. The lowest BCUT2D eigenvalue weighted by Gasteiger charge is -2.26. The number of hydrogen-bond acceptors (Lipinski definition) is 2. The zero-order chi connectivity index (χ0) is 14.8. The number of aromatic hydroxyl groups is 1. The third kappa shape index (κ3) is 2.96. The van der Waals surface area contributed by atoms with Crippen molar-refractivity contribution in [3.05, 3.63) is 65.3 Å². The summed E-state index contributed by atoms with van der Waals surface area (Å²) >= 11 is 0. The number of hydrogen-bond donors (Lipinski definition) is 1. The smallest absolute Gasteiger partial charge is 0.118 e. The highest BCUT2D eigenvalue weighted by molar-refractivity contribution is 5.45. The van der Waals surface area contributed by atoms with E-state index in [-0.39, 0.29) is 0 Å². The summed E-state index contributed by atoms with van der Waals surface area (Å²) in [5.41, 5.74) is 3.67. The molecule has 1 aromatic carbocycles. The van der Waals surface area contributed by atoms with Gasteiger partial charge in [0.1, 0.15) is 5.75 Å². The summed E-state index contributed by atoms with van der Waals surface area (Å²) in [6, 6.07) is 4.16. The van der Waals surface area contributed by atoms with Crippen LogP contribution in [-0.2, 0) is 6.42 Å². The van der Waals surface area contributed by atoms with Gasteiger partial charge in [-0.3, -0.25) is 0 Å². The predicted molar refractivity (Wildman–Crippen MR) is 87.7 cm³/mol. The number of benzene rings is 1. The molecule has 1 atom stereocenters. The molecule has 0 saturated heterocycles. The number of allylic oxidation sites excluding steroid dienone is 6. The highest BCUT2D eigenvalue weighted by atomic mass is 16.3. The van der Waals surface area contributed by atoms with E-state index in [1.807, 2.05) is 13.0 Å². The van der Waals surface area contributed by atoms with Crippen molar-refractivity contribution in [2.45, 2.75) is 19.3 Å². The first kappa shape index (κ1) is 14.2. The number of likely N-dealkylation sites (N-methyl/N-ethyl adjacent to an activating group) is 1. The molecule has 2 aliphatic rings. The van der Waals surface area contributed by atoms with E-state index in [2.05, 4.69) is 54.5 Å². The minimum atomic E-state index is 0.376. The van der Waals surface area contributed by atoms with Gasteiger partial charge in [-0.15, -0.1) is 0 Å². The van der Waals surface area contributed by atoms with E-state index < -0.39 is 0 Å². The monoisotopic (exact) mass is 281 g/mol. The van der Waals surface area contributed by atoms with Crippen LogP contribution in [0.15, 0.2) is 48.6 Å². The van der Waals surface area contributed by atoms with Gasteiger partial charge in [0.25, 0.3) is 0 Å². The van der Waals surface area contributed by atoms with Gasteiger partial charge in [-0.05, 0) is 43.1 Å². The Hall–Kier alpha value is -1.80. The number of nitrogens with zero attached hydrogens (tertiary/aromatic N) is 1. The number of phenols is 1. The summed E-state index contributed by atoms with van der Waals surface area (Å²) in [6.45, 7) is 4.08. The molecule has 1 unspecified atom stereocenters. The van der Waals surface area contributed by atoms with E-state index in [0.29, 0.717) is 17.6 Å². The second-order valence-electron chi connectivity index (χ2n) is 6.19. The third-order valence-corrected chi connectivity index (χ3v) is 4.59. The summed E-state index contributed by atoms with van der Waals surface area (Å²) in [7, 11) is 2.19. The molecule has 1 heterocycles. The maximum Gasteiger partial charge on any atom is 0.118 e. The quantitative estimate of drug-likeness (QED) is 0.850. The van der Waals surface area contributed by atoms with Gasteiger partial charge in [-0.25, -0.2) is 0 Å². The lowest BCUT2D eigenvalue weighted by Crippen LogP contribution is -2.26. The second kappa shape index (κ2) is 5.90. The minimum Gasteiger partial charge on any atom is -0.508 e. The van der Waals surface area contributed by atoms with Crippen LogP contribution in [0.1, 0.15) is 22.6 Å². The van der Waals surface area contributed by atoms with Gasteiger partial charge in [0.05, 0.1) is 0 Å². The van der Waals surface area contributed by atoms with Gasteiger partial charge in [0, 0.05) is 24.9 Å². The van der Waals surface area contributed by atoms with E-state index in [4.69, 9.17) is 0 Å². The number of rotatable bonds is 1. The number of phenolic OH excluding ortho intramolecular Hbond substituents is 1. The molecular formula is C19H23NO. The Morgan fingerprint density at radius 3 is 2.52 bits per heavy atom. The second-order valence-corrected chi connectivity index (χ2v) is 6.19. The van der Waals surface area contributed by atoms with E-state index in [1.54, 1.807) is 0 Å². The summed E-state index contributed by atoms with van der Waals surface area (Å²) in [6.07, 6.45) is 14.0. The van der Waals surface area contributed by atoms with Crippen LogP contribution in [0.5, 0.6) is 5.75 Å². The molecule has 0 aromatic heterocycles. The van der Waals surface area contributed by atoms with Crippen molar-refractivity contribution in [2.75, 3.05) is 20.1 Å². The van der Waals surface area contributed by atoms with Gasteiger partial charge in [-0.1, -0.05) is 42.5 Å². The molecule has 0 fully saturated rings. The number of aryl methyl sites for hydroxylation is 1. The van der Waals surface area contributed by atoms with Crippen LogP contribution in [0.4, 0.5) is 0 Å². The average molecular weight is 281 g/mol. The predicted octanol–water partition coefficient (Wildman–Crippen LogP) is 3.57. The fourth-order valence-electron chi connectivity index (χ4n) is 3.35. The topological polar surface area (TPSA) is 23.5 Å². The van der Waals surface area contributed by atoms with Crippen molar-refractivity contribution in [3.8, 4) is 5.75 Å². The molecule has 1 aliphatic carbocycles. The fourth-order valence-corrected chi connectivity index (χ4v) is 3.35. The van der Waals surface area contributed by atoms with Crippen molar-refractivity contribution >= 4 is 0 Å². The SMILES string of the molecule is Cc1cc2c(cc1O)C(C1C=CC=CC=C1)CN(C)CC2. The van der Waals surface area contributed by atoms with Crippen LogP contribution in [0.2, 0.25) is 0 Å². The molecule has 2 heteroatoms.